The van der Waals surface area contributed by atoms with Gasteiger partial charge in [-0.15, -0.1) is 0 Å². The molecule has 1 heterocycles. The van der Waals surface area contributed by atoms with Gasteiger partial charge in [-0.2, -0.15) is 0 Å². The first kappa shape index (κ1) is 10.4. The van der Waals surface area contributed by atoms with E-state index in [2.05, 4.69) is 48.2 Å². The van der Waals surface area contributed by atoms with E-state index < -0.39 is 0 Å². The Labute approximate surface area is 92.4 Å². The molecule has 0 spiro atoms. The van der Waals surface area contributed by atoms with Crippen molar-refractivity contribution in [3.8, 4) is 0 Å². The second-order valence-corrected chi connectivity index (χ2v) is 4.22. The summed E-state index contributed by atoms with van der Waals surface area (Å²) in [4.78, 5) is 2.52. The van der Waals surface area contributed by atoms with Crippen molar-refractivity contribution < 1.29 is 0 Å². The van der Waals surface area contributed by atoms with E-state index in [4.69, 9.17) is 0 Å². The van der Waals surface area contributed by atoms with Crippen molar-refractivity contribution in [2.45, 2.75) is 26.3 Å². The second kappa shape index (κ2) is 5.13. The van der Waals surface area contributed by atoms with Gasteiger partial charge in [0.1, 0.15) is 0 Å². The fourth-order valence-corrected chi connectivity index (χ4v) is 2.18. The van der Waals surface area contributed by atoms with E-state index in [1.54, 1.807) is 5.57 Å². The van der Waals surface area contributed by atoms with E-state index in [1.165, 1.54) is 31.5 Å². The highest BCUT2D eigenvalue weighted by Gasteiger charge is 2.15. The van der Waals surface area contributed by atoms with E-state index in [0.717, 1.165) is 6.54 Å². The first-order valence-electron chi connectivity index (χ1n) is 5.82. The van der Waals surface area contributed by atoms with Crippen molar-refractivity contribution in [2.24, 2.45) is 0 Å². The molecule has 2 rings (SSSR count). The lowest BCUT2D eigenvalue weighted by Gasteiger charge is -2.13. The Balaban J connectivity index is 1.90. The van der Waals surface area contributed by atoms with Gasteiger partial charge in [-0.3, -0.25) is 4.90 Å². The quantitative estimate of drug-likeness (QED) is 0.679. The van der Waals surface area contributed by atoms with Gasteiger partial charge in [0.05, 0.1) is 0 Å². The first-order chi connectivity index (χ1) is 7.38. The van der Waals surface area contributed by atoms with Crippen molar-refractivity contribution in [1.82, 2.24) is 4.90 Å². The molecule has 0 unspecified atom stereocenters. The molecule has 1 aliphatic heterocycles. The van der Waals surface area contributed by atoms with E-state index in [-0.39, 0.29) is 0 Å². The van der Waals surface area contributed by atoms with Crippen LogP contribution in [-0.4, -0.2) is 18.0 Å². The molecule has 0 atom stereocenters. The molecule has 1 saturated heterocycles. The van der Waals surface area contributed by atoms with E-state index in [1.807, 2.05) is 0 Å². The van der Waals surface area contributed by atoms with E-state index in [0.29, 0.717) is 0 Å². The summed E-state index contributed by atoms with van der Waals surface area (Å²) in [6.45, 7) is 5.71. The molecule has 1 aliphatic rings. The van der Waals surface area contributed by atoms with Crippen LogP contribution in [-0.2, 0) is 6.54 Å². The van der Waals surface area contributed by atoms with Crippen LogP contribution in [0.3, 0.4) is 0 Å². The summed E-state index contributed by atoms with van der Waals surface area (Å²) in [7, 11) is 0. The lowest BCUT2D eigenvalue weighted by molar-refractivity contribution is 0.337. The smallest absolute Gasteiger partial charge is 0.0237 e. The van der Waals surface area contributed by atoms with Crippen LogP contribution in [0.1, 0.15) is 25.3 Å². The Kier molecular flexibility index (Phi) is 3.57. The van der Waals surface area contributed by atoms with Crippen LogP contribution in [0.5, 0.6) is 0 Å². The molecule has 15 heavy (non-hydrogen) atoms. The Morgan fingerprint density at radius 1 is 1.27 bits per heavy atom. The molecule has 1 aromatic carbocycles. The molecule has 1 fully saturated rings. The molecule has 1 nitrogen and oxygen atoms in total. The number of likely N-dealkylation sites (tertiary alicyclic amines) is 1. The fraction of sp³-hybridized carbons (Fsp3) is 0.429. The second-order valence-electron chi connectivity index (χ2n) is 4.22. The van der Waals surface area contributed by atoms with Gasteiger partial charge in [0.15, 0.2) is 0 Å². The van der Waals surface area contributed by atoms with Crippen LogP contribution in [0.2, 0.25) is 0 Å². The van der Waals surface area contributed by atoms with Gasteiger partial charge in [-0.05, 0) is 18.4 Å². The van der Waals surface area contributed by atoms with Gasteiger partial charge < -0.3 is 0 Å². The predicted octanol–water partition coefficient (Wildman–Crippen LogP) is 3.23. The lowest BCUT2D eigenvalue weighted by Crippen LogP contribution is -2.18. The van der Waals surface area contributed by atoms with Crippen LogP contribution >= 0.6 is 0 Å². The third kappa shape index (κ3) is 2.93. The summed E-state index contributed by atoms with van der Waals surface area (Å²) in [6.07, 6.45) is 4.82. The minimum atomic E-state index is 1.10. The minimum absolute atomic E-state index is 1.10. The maximum Gasteiger partial charge on any atom is 0.0237 e. The van der Waals surface area contributed by atoms with E-state index >= 15 is 0 Å². The number of allylic oxidation sites excluding steroid dienone is 1. The molecule has 1 aromatic rings. The lowest BCUT2D eigenvalue weighted by atomic mass is 10.2. The van der Waals surface area contributed by atoms with Crippen molar-refractivity contribution in [2.75, 3.05) is 13.1 Å². The zero-order valence-corrected chi connectivity index (χ0v) is 9.45. The number of hydrogen-bond donors (Lipinski definition) is 0. The minimum Gasteiger partial charge on any atom is -0.295 e. The number of hydrogen-bond acceptors (Lipinski definition) is 1. The Bertz CT molecular complexity index is 326. The number of benzene rings is 1. The van der Waals surface area contributed by atoms with Crippen molar-refractivity contribution in [3.05, 3.63) is 47.5 Å². The van der Waals surface area contributed by atoms with Crippen molar-refractivity contribution in [3.63, 3.8) is 0 Å². The van der Waals surface area contributed by atoms with Crippen LogP contribution in [0.4, 0.5) is 0 Å². The van der Waals surface area contributed by atoms with E-state index in [9.17, 15) is 0 Å². The maximum atomic E-state index is 2.52. The Hall–Kier alpha value is -1.08. The first-order valence-corrected chi connectivity index (χ1v) is 5.82. The van der Waals surface area contributed by atoms with Gasteiger partial charge in [-0.1, -0.05) is 48.9 Å². The molecule has 0 amide bonds. The van der Waals surface area contributed by atoms with Gasteiger partial charge >= 0.3 is 0 Å². The molecule has 1 heteroatoms. The molecular weight excluding hydrogens is 182 g/mol. The maximum absolute atomic E-state index is 2.52. The normalized spacial score (nSPS) is 19.9. The fourth-order valence-electron chi connectivity index (χ4n) is 2.18. The third-order valence-electron chi connectivity index (χ3n) is 2.92. The topological polar surface area (TPSA) is 3.24 Å². The zero-order valence-electron chi connectivity index (χ0n) is 9.45. The monoisotopic (exact) mass is 201 g/mol. The highest BCUT2D eigenvalue weighted by Crippen LogP contribution is 2.17. The van der Waals surface area contributed by atoms with Gasteiger partial charge in [0.2, 0.25) is 0 Å². The standard InChI is InChI=1S/C14H19N/c1-2-6-13-9-10-15(11-13)12-14-7-4-3-5-8-14/h3-8H,2,9-12H2,1H3/b13-6-. The summed E-state index contributed by atoms with van der Waals surface area (Å²) in [5.74, 6) is 0. The highest BCUT2D eigenvalue weighted by molar-refractivity contribution is 5.16. The molecule has 0 radical (unpaired) electrons. The molecule has 0 aromatic heterocycles. The summed E-state index contributed by atoms with van der Waals surface area (Å²) in [5.41, 5.74) is 3.05. The summed E-state index contributed by atoms with van der Waals surface area (Å²) in [5, 5.41) is 0. The SMILES string of the molecule is CC/C=C1/CCN(Cc2ccccc2)C1. The zero-order chi connectivity index (χ0) is 10.5. The molecule has 0 bridgehead atoms. The van der Waals surface area contributed by atoms with Crippen molar-refractivity contribution in [1.29, 1.82) is 0 Å². The Morgan fingerprint density at radius 3 is 2.80 bits per heavy atom. The highest BCUT2D eigenvalue weighted by atomic mass is 15.1. The van der Waals surface area contributed by atoms with Crippen LogP contribution in [0, 0.1) is 0 Å². The average Bonchev–Trinajstić information content (AvgIpc) is 2.68. The van der Waals surface area contributed by atoms with Crippen LogP contribution < -0.4 is 0 Å². The number of rotatable bonds is 3. The molecule has 80 valence electrons. The summed E-state index contributed by atoms with van der Waals surface area (Å²) in [6, 6.07) is 10.7. The van der Waals surface area contributed by atoms with Crippen LogP contribution in [0.15, 0.2) is 42.0 Å². The van der Waals surface area contributed by atoms with Gasteiger partial charge in [0, 0.05) is 19.6 Å². The molecule has 0 N–H and O–H groups in total. The third-order valence-corrected chi connectivity index (χ3v) is 2.92. The summed E-state index contributed by atoms with van der Waals surface area (Å²) < 4.78 is 0. The predicted molar refractivity (Wildman–Crippen MR) is 64.7 cm³/mol. The average molecular weight is 201 g/mol. The van der Waals surface area contributed by atoms with Gasteiger partial charge in [0.25, 0.3) is 0 Å². The summed E-state index contributed by atoms with van der Waals surface area (Å²) >= 11 is 0. The van der Waals surface area contributed by atoms with Gasteiger partial charge in [-0.25, -0.2) is 0 Å². The number of nitrogens with zero attached hydrogens (tertiary/aromatic N) is 1. The molecular formula is C14H19N. The molecule has 0 saturated carbocycles. The Morgan fingerprint density at radius 2 is 2.07 bits per heavy atom. The largest absolute Gasteiger partial charge is 0.295 e. The molecule has 0 aliphatic carbocycles. The van der Waals surface area contributed by atoms with Crippen molar-refractivity contribution >= 4 is 0 Å². The van der Waals surface area contributed by atoms with Crippen LogP contribution in [0.25, 0.3) is 0 Å².